The Kier molecular flexibility index (Phi) is 9.51. The minimum Gasteiger partial charge on any atom is -0.467 e. The topological polar surface area (TPSA) is 109 Å². The predicted octanol–water partition coefficient (Wildman–Crippen LogP) is 4.61. The third-order valence-corrected chi connectivity index (χ3v) is 8.78. The summed E-state index contributed by atoms with van der Waals surface area (Å²) in [6, 6.07) is 28.7. The molecular formula is C33H35N3O5S. The summed E-state index contributed by atoms with van der Waals surface area (Å²) < 4.78 is 33.1. The van der Waals surface area contributed by atoms with Crippen molar-refractivity contribution in [2.75, 3.05) is 0 Å². The number of hydrogen-bond acceptors (Lipinski definition) is 5. The van der Waals surface area contributed by atoms with Gasteiger partial charge in [-0.05, 0) is 60.2 Å². The molecule has 0 bridgehead atoms. The van der Waals surface area contributed by atoms with Gasteiger partial charge >= 0.3 is 0 Å². The molecule has 4 aromatic rings. The number of benzene rings is 3. The van der Waals surface area contributed by atoms with Crippen LogP contribution in [0.2, 0.25) is 0 Å². The molecule has 0 unspecified atom stereocenters. The summed E-state index contributed by atoms with van der Waals surface area (Å²) in [4.78, 5) is 29.4. The zero-order chi connectivity index (χ0) is 29.4. The summed E-state index contributed by atoms with van der Waals surface area (Å²) in [5.41, 5.74) is 2.70. The Hall–Kier alpha value is -4.21. The maximum Gasteiger partial charge on any atom is 0.243 e. The largest absolute Gasteiger partial charge is 0.467 e. The molecule has 0 spiro atoms. The number of amides is 2. The van der Waals surface area contributed by atoms with E-state index < -0.39 is 16.1 Å². The molecule has 2 N–H and O–H groups in total. The van der Waals surface area contributed by atoms with Gasteiger partial charge in [0.25, 0.3) is 0 Å². The minimum absolute atomic E-state index is 0.0306. The molecular weight excluding hydrogens is 550 g/mol. The average molecular weight is 586 g/mol. The number of aryl methyl sites for hydroxylation is 1. The fourth-order valence-corrected chi connectivity index (χ4v) is 6.06. The summed E-state index contributed by atoms with van der Waals surface area (Å²) >= 11 is 0. The van der Waals surface area contributed by atoms with Gasteiger partial charge in [-0.2, -0.15) is 0 Å². The third kappa shape index (κ3) is 8.18. The van der Waals surface area contributed by atoms with Crippen molar-refractivity contribution >= 4 is 21.8 Å². The van der Waals surface area contributed by atoms with E-state index in [0.29, 0.717) is 18.6 Å². The van der Waals surface area contributed by atoms with Crippen LogP contribution in [-0.2, 0) is 45.5 Å². The van der Waals surface area contributed by atoms with Crippen LogP contribution in [0, 0.1) is 0 Å². The van der Waals surface area contributed by atoms with Crippen molar-refractivity contribution in [3.8, 4) is 0 Å². The smallest absolute Gasteiger partial charge is 0.243 e. The van der Waals surface area contributed by atoms with Gasteiger partial charge in [0.1, 0.15) is 11.8 Å². The summed E-state index contributed by atoms with van der Waals surface area (Å²) in [5.74, 6) is 0.192. The van der Waals surface area contributed by atoms with Crippen LogP contribution in [0.25, 0.3) is 0 Å². The number of nitrogens with zero attached hydrogens (tertiary/aromatic N) is 1. The first-order valence-electron chi connectivity index (χ1n) is 14.2. The normalized spacial score (nSPS) is 13.8. The van der Waals surface area contributed by atoms with Crippen LogP contribution < -0.4 is 10.0 Å². The third-order valence-electron chi connectivity index (χ3n) is 7.24. The number of nitrogens with one attached hydrogen (secondary N) is 2. The molecule has 1 aromatic heterocycles. The first-order chi connectivity index (χ1) is 20.4. The monoisotopic (exact) mass is 585 g/mol. The van der Waals surface area contributed by atoms with Gasteiger partial charge in [-0.3, -0.25) is 9.59 Å². The molecule has 5 rings (SSSR count). The molecule has 1 heterocycles. The Morgan fingerprint density at radius 1 is 0.833 bits per heavy atom. The lowest BCUT2D eigenvalue weighted by atomic mass is 10.0. The van der Waals surface area contributed by atoms with E-state index in [4.69, 9.17) is 4.42 Å². The number of carbonyl (C=O) groups excluding carboxylic acids is 2. The Balaban J connectivity index is 1.34. The highest BCUT2D eigenvalue weighted by Crippen LogP contribution is 2.23. The minimum atomic E-state index is -3.54. The molecule has 218 valence electrons. The second-order valence-corrected chi connectivity index (χ2v) is 12.3. The van der Waals surface area contributed by atoms with Gasteiger partial charge in [-0.15, -0.1) is 0 Å². The fraction of sp³-hybridized carbons (Fsp3) is 0.273. The molecule has 8 nitrogen and oxygen atoms in total. The summed E-state index contributed by atoms with van der Waals surface area (Å²) in [6.45, 7) is 0.491. The number of sulfonamides is 1. The number of rotatable bonds is 14. The molecule has 1 atom stereocenters. The first-order valence-corrected chi connectivity index (χ1v) is 15.6. The zero-order valence-electron chi connectivity index (χ0n) is 23.3. The molecule has 0 saturated heterocycles. The molecule has 2 amide bonds. The van der Waals surface area contributed by atoms with Crippen molar-refractivity contribution in [1.29, 1.82) is 0 Å². The molecule has 3 aromatic carbocycles. The second kappa shape index (κ2) is 13.6. The Labute approximate surface area is 246 Å². The van der Waals surface area contributed by atoms with E-state index in [1.165, 1.54) is 0 Å². The van der Waals surface area contributed by atoms with E-state index >= 15 is 0 Å². The maximum atomic E-state index is 13.9. The lowest BCUT2D eigenvalue weighted by Gasteiger charge is -2.31. The quantitative estimate of drug-likeness (QED) is 0.225. The lowest BCUT2D eigenvalue weighted by Crippen LogP contribution is -2.50. The molecule has 0 aliphatic heterocycles. The highest BCUT2D eigenvalue weighted by atomic mass is 32.2. The van der Waals surface area contributed by atoms with Crippen LogP contribution in [0.4, 0.5) is 0 Å². The highest BCUT2D eigenvalue weighted by Gasteiger charge is 2.31. The predicted molar refractivity (Wildman–Crippen MR) is 160 cm³/mol. The number of carbonyl (C=O) groups is 2. The van der Waals surface area contributed by atoms with E-state index in [0.717, 1.165) is 29.5 Å². The van der Waals surface area contributed by atoms with Gasteiger partial charge < -0.3 is 14.6 Å². The fourth-order valence-electron chi connectivity index (χ4n) is 4.76. The van der Waals surface area contributed by atoms with Crippen LogP contribution in [-0.4, -0.2) is 37.2 Å². The van der Waals surface area contributed by atoms with Crippen molar-refractivity contribution in [2.45, 2.75) is 62.2 Å². The van der Waals surface area contributed by atoms with Gasteiger partial charge in [0, 0.05) is 25.4 Å². The van der Waals surface area contributed by atoms with Crippen LogP contribution in [0.5, 0.6) is 0 Å². The van der Waals surface area contributed by atoms with Crippen molar-refractivity contribution in [3.63, 3.8) is 0 Å². The van der Waals surface area contributed by atoms with Crippen LogP contribution in [0.15, 0.2) is 113 Å². The Morgan fingerprint density at radius 2 is 1.50 bits per heavy atom. The molecule has 1 aliphatic carbocycles. The maximum absolute atomic E-state index is 13.9. The average Bonchev–Trinajstić information content (AvgIpc) is 3.65. The van der Waals surface area contributed by atoms with Crippen LogP contribution in [0.1, 0.15) is 41.7 Å². The molecule has 9 heteroatoms. The molecule has 1 fully saturated rings. The Bertz CT molecular complexity index is 1550. The number of hydrogen-bond donors (Lipinski definition) is 2. The van der Waals surface area contributed by atoms with E-state index in [9.17, 15) is 18.0 Å². The van der Waals surface area contributed by atoms with E-state index in [1.807, 2.05) is 60.7 Å². The van der Waals surface area contributed by atoms with Gasteiger partial charge in [-0.1, -0.05) is 72.8 Å². The molecule has 1 aliphatic rings. The van der Waals surface area contributed by atoms with Gasteiger partial charge in [0.2, 0.25) is 21.8 Å². The molecule has 0 radical (unpaired) electrons. The van der Waals surface area contributed by atoms with Crippen LogP contribution >= 0.6 is 0 Å². The van der Waals surface area contributed by atoms with Crippen LogP contribution in [0.3, 0.4) is 0 Å². The van der Waals surface area contributed by atoms with E-state index in [-0.39, 0.29) is 42.3 Å². The second-order valence-electron chi connectivity index (χ2n) is 10.5. The van der Waals surface area contributed by atoms with Gasteiger partial charge in [-0.25, -0.2) is 13.1 Å². The SMILES string of the molecule is O=C(NCc1ccco1)[C@H](Cc1ccccc1)N(Cc1ccccc1)C(=O)CCc1ccc(S(=O)(=O)NC2CC2)cc1. The first kappa shape index (κ1) is 29.3. The van der Waals surface area contributed by atoms with Crippen molar-refractivity contribution in [2.24, 2.45) is 0 Å². The zero-order valence-corrected chi connectivity index (χ0v) is 24.1. The standard InChI is InChI=1S/C33H35N3O5S/c37-32(20-15-25-13-18-30(19-14-25)42(39,40)35-28-16-17-28)36(24-27-10-5-2-6-11-27)31(22-26-8-3-1-4-9-26)33(38)34-23-29-12-7-21-41-29/h1-14,18-19,21,28,31,35H,15-17,20,22-24H2,(H,34,38)/t31-/m0/s1. The molecule has 42 heavy (non-hydrogen) atoms. The summed E-state index contributed by atoms with van der Waals surface area (Å²) in [7, 11) is -3.54. The van der Waals surface area contributed by atoms with Crippen molar-refractivity contribution < 1.29 is 22.4 Å². The number of furan rings is 1. The van der Waals surface area contributed by atoms with Gasteiger partial charge in [0.15, 0.2) is 0 Å². The van der Waals surface area contributed by atoms with Crippen molar-refractivity contribution in [1.82, 2.24) is 14.9 Å². The lowest BCUT2D eigenvalue weighted by molar-refractivity contribution is -0.141. The Morgan fingerprint density at radius 3 is 2.12 bits per heavy atom. The molecule has 1 saturated carbocycles. The summed E-state index contributed by atoms with van der Waals surface area (Å²) in [6.07, 6.45) is 4.21. The highest BCUT2D eigenvalue weighted by molar-refractivity contribution is 7.89. The van der Waals surface area contributed by atoms with Crippen molar-refractivity contribution in [3.05, 3.63) is 126 Å². The van der Waals surface area contributed by atoms with E-state index in [1.54, 1.807) is 47.6 Å². The summed E-state index contributed by atoms with van der Waals surface area (Å²) in [5, 5.41) is 2.95. The van der Waals surface area contributed by atoms with Gasteiger partial charge in [0.05, 0.1) is 17.7 Å². The van der Waals surface area contributed by atoms with E-state index in [2.05, 4.69) is 10.0 Å².